The van der Waals surface area contributed by atoms with Crippen LogP contribution < -0.4 is 4.90 Å². The Labute approximate surface area is 191 Å². The molecular weight excluding hydrogens is 398 g/mol. The number of hydrogen-bond acceptors (Lipinski definition) is 4. The van der Waals surface area contributed by atoms with Gasteiger partial charge in [0.1, 0.15) is 12.2 Å². The SMILES string of the molecule is CN(C)c1ccc(/C=C2/C[C@H](OCc3ccccc3)[C@@H](COCc3ccccc3)O2)cc1. The van der Waals surface area contributed by atoms with Crippen LogP contribution >= 0.6 is 0 Å². The molecule has 1 fully saturated rings. The Bertz CT molecular complexity index is 984. The normalized spacial score (nSPS) is 19.1. The maximum Gasteiger partial charge on any atom is 0.148 e. The molecule has 0 bridgehead atoms. The maximum atomic E-state index is 6.28. The molecule has 32 heavy (non-hydrogen) atoms. The van der Waals surface area contributed by atoms with Crippen LogP contribution in [0.3, 0.4) is 0 Å². The molecule has 0 spiro atoms. The first kappa shape index (κ1) is 22.1. The summed E-state index contributed by atoms with van der Waals surface area (Å²) in [4.78, 5) is 2.09. The van der Waals surface area contributed by atoms with E-state index in [1.165, 1.54) is 5.69 Å². The van der Waals surface area contributed by atoms with E-state index in [1.54, 1.807) is 0 Å². The second-order valence-electron chi connectivity index (χ2n) is 8.29. The molecule has 1 saturated heterocycles. The zero-order chi connectivity index (χ0) is 22.2. The van der Waals surface area contributed by atoms with Gasteiger partial charge in [0.05, 0.1) is 25.6 Å². The summed E-state index contributed by atoms with van der Waals surface area (Å²) < 4.78 is 18.5. The Kier molecular flexibility index (Phi) is 7.59. The van der Waals surface area contributed by atoms with Gasteiger partial charge in [-0.2, -0.15) is 0 Å². The van der Waals surface area contributed by atoms with Crippen molar-refractivity contribution in [3.63, 3.8) is 0 Å². The highest BCUT2D eigenvalue weighted by Gasteiger charge is 2.33. The lowest BCUT2D eigenvalue weighted by atomic mass is 10.1. The predicted octanol–water partition coefficient (Wildman–Crippen LogP) is 5.68. The molecule has 1 heterocycles. The molecule has 0 N–H and O–H groups in total. The molecule has 2 atom stereocenters. The minimum atomic E-state index is -0.130. The van der Waals surface area contributed by atoms with Crippen molar-refractivity contribution in [1.29, 1.82) is 0 Å². The third-order valence-corrected chi connectivity index (χ3v) is 5.56. The number of ether oxygens (including phenoxy) is 3. The smallest absolute Gasteiger partial charge is 0.148 e. The summed E-state index contributed by atoms with van der Waals surface area (Å²) in [6.45, 7) is 1.62. The molecule has 1 aliphatic heterocycles. The van der Waals surface area contributed by atoms with Crippen LogP contribution in [0.15, 0.2) is 90.7 Å². The van der Waals surface area contributed by atoms with E-state index in [0.717, 1.165) is 28.9 Å². The van der Waals surface area contributed by atoms with Gasteiger partial charge < -0.3 is 19.1 Å². The van der Waals surface area contributed by atoms with Gasteiger partial charge >= 0.3 is 0 Å². The lowest BCUT2D eigenvalue weighted by molar-refractivity contribution is -0.0528. The van der Waals surface area contributed by atoms with Gasteiger partial charge in [-0.1, -0.05) is 72.8 Å². The first-order chi connectivity index (χ1) is 15.7. The molecule has 166 valence electrons. The molecule has 0 radical (unpaired) electrons. The fourth-order valence-corrected chi connectivity index (χ4v) is 3.75. The van der Waals surface area contributed by atoms with Crippen LogP contribution in [0, 0.1) is 0 Å². The Balaban J connectivity index is 1.41. The van der Waals surface area contributed by atoms with Crippen molar-refractivity contribution in [2.45, 2.75) is 31.8 Å². The molecule has 4 heteroatoms. The van der Waals surface area contributed by atoms with Gasteiger partial charge in [-0.15, -0.1) is 0 Å². The van der Waals surface area contributed by atoms with Gasteiger partial charge in [0.15, 0.2) is 0 Å². The minimum absolute atomic E-state index is 0.0433. The zero-order valence-electron chi connectivity index (χ0n) is 18.8. The van der Waals surface area contributed by atoms with Gasteiger partial charge in [-0.05, 0) is 34.9 Å². The number of nitrogens with zero attached hydrogens (tertiary/aromatic N) is 1. The molecule has 0 aromatic heterocycles. The lowest BCUT2D eigenvalue weighted by Gasteiger charge is -2.19. The van der Waals surface area contributed by atoms with E-state index in [-0.39, 0.29) is 12.2 Å². The molecule has 3 aromatic carbocycles. The van der Waals surface area contributed by atoms with E-state index < -0.39 is 0 Å². The average Bonchev–Trinajstić information content (AvgIpc) is 3.20. The van der Waals surface area contributed by atoms with E-state index in [0.29, 0.717) is 19.8 Å². The standard InChI is InChI=1S/C28H31NO3/c1-29(2)25-15-13-22(14-16-25)17-26-18-27(31-20-24-11-7-4-8-12-24)28(32-26)21-30-19-23-9-5-3-6-10-23/h3-17,27-28H,18-21H2,1-2H3/b26-17-/t27-,28+/m0/s1. The van der Waals surface area contributed by atoms with Crippen LogP contribution in [0.1, 0.15) is 23.1 Å². The highest BCUT2D eigenvalue weighted by Crippen LogP contribution is 2.29. The number of benzene rings is 3. The van der Waals surface area contributed by atoms with Crippen molar-refractivity contribution >= 4 is 11.8 Å². The van der Waals surface area contributed by atoms with Crippen molar-refractivity contribution in [2.75, 3.05) is 25.6 Å². The van der Waals surface area contributed by atoms with Crippen molar-refractivity contribution < 1.29 is 14.2 Å². The van der Waals surface area contributed by atoms with E-state index in [1.807, 2.05) is 50.5 Å². The second-order valence-corrected chi connectivity index (χ2v) is 8.29. The molecule has 3 aromatic rings. The van der Waals surface area contributed by atoms with Crippen molar-refractivity contribution in [3.05, 3.63) is 107 Å². The van der Waals surface area contributed by atoms with Crippen LogP contribution in [0.2, 0.25) is 0 Å². The minimum Gasteiger partial charge on any atom is -0.489 e. The van der Waals surface area contributed by atoms with Crippen molar-refractivity contribution in [2.24, 2.45) is 0 Å². The highest BCUT2D eigenvalue weighted by atomic mass is 16.6. The molecule has 0 unspecified atom stereocenters. The van der Waals surface area contributed by atoms with E-state index in [2.05, 4.69) is 59.5 Å². The molecule has 0 saturated carbocycles. The zero-order valence-corrected chi connectivity index (χ0v) is 18.8. The maximum absolute atomic E-state index is 6.28. The first-order valence-electron chi connectivity index (χ1n) is 11.1. The molecule has 1 aliphatic rings. The van der Waals surface area contributed by atoms with Gasteiger partial charge in [-0.25, -0.2) is 0 Å². The third-order valence-electron chi connectivity index (χ3n) is 5.56. The van der Waals surface area contributed by atoms with Gasteiger partial charge in [-0.3, -0.25) is 0 Å². The molecule has 0 aliphatic carbocycles. The van der Waals surface area contributed by atoms with Crippen molar-refractivity contribution in [1.82, 2.24) is 0 Å². The summed E-state index contributed by atoms with van der Waals surface area (Å²) in [5.41, 5.74) is 4.62. The van der Waals surface area contributed by atoms with Gasteiger partial charge in [0.2, 0.25) is 0 Å². The molecule has 4 rings (SSSR count). The topological polar surface area (TPSA) is 30.9 Å². The van der Waals surface area contributed by atoms with Crippen LogP contribution in [-0.2, 0) is 27.4 Å². The molecule has 4 nitrogen and oxygen atoms in total. The largest absolute Gasteiger partial charge is 0.489 e. The Morgan fingerprint density at radius 2 is 1.47 bits per heavy atom. The summed E-state index contributed by atoms with van der Waals surface area (Å²) in [6, 6.07) is 28.9. The number of anilines is 1. The fraction of sp³-hybridized carbons (Fsp3) is 0.286. The van der Waals surface area contributed by atoms with Gasteiger partial charge in [0.25, 0.3) is 0 Å². The summed E-state index contributed by atoms with van der Waals surface area (Å²) in [7, 11) is 4.09. The second kappa shape index (κ2) is 11.0. The quantitative estimate of drug-likeness (QED) is 0.438. The van der Waals surface area contributed by atoms with Crippen LogP contribution in [0.5, 0.6) is 0 Å². The fourth-order valence-electron chi connectivity index (χ4n) is 3.75. The van der Waals surface area contributed by atoms with Gasteiger partial charge in [0, 0.05) is 26.2 Å². The molecular formula is C28H31NO3. The average molecular weight is 430 g/mol. The summed E-state index contributed by atoms with van der Waals surface area (Å²) >= 11 is 0. The summed E-state index contributed by atoms with van der Waals surface area (Å²) in [5, 5.41) is 0. The van der Waals surface area contributed by atoms with Crippen LogP contribution in [-0.4, -0.2) is 32.9 Å². The lowest BCUT2D eigenvalue weighted by Crippen LogP contribution is -2.29. The third kappa shape index (κ3) is 6.22. The first-order valence-corrected chi connectivity index (χ1v) is 11.1. The monoisotopic (exact) mass is 429 g/mol. The van der Waals surface area contributed by atoms with Crippen LogP contribution in [0.25, 0.3) is 6.08 Å². The predicted molar refractivity (Wildman–Crippen MR) is 129 cm³/mol. The summed E-state index contributed by atoms with van der Waals surface area (Å²) in [6.07, 6.45) is 2.67. The van der Waals surface area contributed by atoms with E-state index >= 15 is 0 Å². The molecule has 0 amide bonds. The van der Waals surface area contributed by atoms with Crippen molar-refractivity contribution in [3.8, 4) is 0 Å². The highest BCUT2D eigenvalue weighted by molar-refractivity contribution is 5.57. The van der Waals surface area contributed by atoms with E-state index in [9.17, 15) is 0 Å². The Morgan fingerprint density at radius 3 is 2.09 bits per heavy atom. The Morgan fingerprint density at radius 1 is 0.844 bits per heavy atom. The van der Waals surface area contributed by atoms with E-state index in [4.69, 9.17) is 14.2 Å². The summed E-state index contributed by atoms with van der Waals surface area (Å²) in [5.74, 6) is 0.939. The number of hydrogen-bond donors (Lipinski definition) is 0. The number of rotatable bonds is 9. The van der Waals surface area contributed by atoms with Crippen LogP contribution in [0.4, 0.5) is 5.69 Å². The Hall–Kier alpha value is -3.08.